The molecule has 0 saturated heterocycles. The van der Waals surface area contributed by atoms with Gasteiger partial charge in [0.1, 0.15) is 11.0 Å². The average Bonchev–Trinajstić information content (AvgIpc) is 2.97. The number of hydrogen-bond acceptors (Lipinski definition) is 4. The molecular weight excluding hydrogens is 340 g/mol. The third kappa shape index (κ3) is 2.70. The molecule has 4 aromatic rings. The van der Waals surface area contributed by atoms with Crippen LogP contribution in [0.5, 0.6) is 0 Å². The van der Waals surface area contributed by atoms with Gasteiger partial charge in [-0.3, -0.25) is 14.8 Å². The topological polar surface area (TPSA) is 73.8 Å². The maximum absolute atomic E-state index is 10.9. The van der Waals surface area contributed by atoms with E-state index in [1.165, 1.54) is 6.07 Å². The molecule has 124 valence electrons. The second-order valence-electron chi connectivity index (χ2n) is 5.88. The number of nitrogens with zero attached hydrogens (tertiary/aromatic N) is 4. The van der Waals surface area contributed by atoms with Gasteiger partial charge in [-0.15, -0.1) is 0 Å². The first-order chi connectivity index (χ1) is 12.0. The molecule has 0 radical (unpaired) electrons. The molecule has 0 N–H and O–H groups in total. The second kappa shape index (κ2) is 5.82. The van der Waals surface area contributed by atoms with Crippen LogP contribution >= 0.6 is 11.6 Å². The molecule has 0 aliphatic heterocycles. The van der Waals surface area contributed by atoms with E-state index in [1.54, 1.807) is 23.0 Å². The lowest BCUT2D eigenvalue weighted by atomic mass is 10.0. The summed E-state index contributed by atoms with van der Waals surface area (Å²) in [5.41, 5.74) is 4.33. The fourth-order valence-electron chi connectivity index (χ4n) is 3.00. The van der Waals surface area contributed by atoms with E-state index < -0.39 is 0 Å². The fourth-order valence-corrected chi connectivity index (χ4v) is 3.37. The van der Waals surface area contributed by atoms with Crippen LogP contribution in [0.2, 0.25) is 5.02 Å². The standard InChI is InChI=1S/C18H13ClN4O2/c1-22-18-16(10-20-22)21-15-6-5-12(9-14(15)17(18)19)7-11-3-2-4-13(8-11)23(24)25/h2-6,8-10H,7H2,1H3. The summed E-state index contributed by atoms with van der Waals surface area (Å²) in [6, 6.07) is 12.5. The summed E-state index contributed by atoms with van der Waals surface area (Å²) < 4.78 is 1.71. The summed E-state index contributed by atoms with van der Waals surface area (Å²) in [6.07, 6.45) is 2.27. The molecule has 7 heteroatoms. The number of nitro groups is 1. The molecule has 0 saturated carbocycles. The zero-order valence-corrected chi connectivity index (χ0v) is 14.1. The molecule has 0 aliphatic rings. The predicted octanol–water partition coefficient (Wildman–Crippen LogP) is 4.27. The number of non-ortho nitro benzene ring substituents is 1. The predicted molar refractivity (Wildman–Crippen MR) is 96.9 cm³/mol. The van der Waals surface area contributed by atoms with Crippen molar-refractivity contribution in [3.05, 3.63) is 74.9 Å². The van der Waals surface area contributed by atoms with E-state index in [1.807, 2.05) is 31.3 Å². The van der Waals surface area contributed by atoms with E-state index in [2.05, 4.69) is 10.1 Å². The molecule has 0 aliphatic carbocycles. The fraction of sp³-hybridized carbons (Fsp3) is 0.111. The van der Waals surface area contributed by atoms with Gasteiger partial charge in [-0.1, -0.05) is 29.8 Å². The molecule has 0 atom stereocenters. The molecule has 2 heterocycles. The van der Waals surface area contributed by atoms with Crippen molar-refractivity contribution in [3.63, 3.8) is 0 Å². The van der Waals surface area contributed by atoms with Gasteiger partial charge < -0.3 is 0 Å². The normalized spacial score (nSPS) is 11.3. The van der Waals surface area contributed by atoms with Gasteiger partial charge in [-0.2, -0.15) is 5.10 Å². The Morgan fingerprint density at radius 2 is 1.96 bits per heavy atom. The molecular formula is C18H13ClN4O2. The van der Waals surface area contributed by atoms with Crippen LogP contribution in [-0.4, -0.2) is 19.7 Å². The van der Waals surface area contributed by atoms with Crippen molar-refractivity contribution >= 4 is 39.2 Å². The van der Waals surface area contributed by atoms with E-state index >= 15 is 0 Å². The first kappa shape index (κ1) is 15.5. The van der Waals surface area contributed by atoms with Crippen LogP contribution in [0.25, 0.3) is 21.9 Å². The third-order valence-corrected chi connectivity index (χ3v) is 4.58. The summed E-state index contributed by atoms with van der Waals surface area (Å²) in [5.74, 6) is 0. The number of rotatable bonds is 3. The van der Waals surface area contributed by atoms with Gasteiger partial charge >= 0.3 is 0 Å². The summed E-state index contributed by atoms with van der Waals surface area (Å²) in [6.45, 7) is 0. The third-order valence-electron chi connectivity index (χ3n) is 4.20. The van der Waals surface area contributed by atoms with Gasteiger partial charge in [0.25, 0.3) is 5.69 Å². The van der Waals surface area contributed by atoms with Crippen LogP contribution in [0, 0.1) is 10.1 Å². The van der Waals surface area contributed by atoms with Crippen LogP contribution < -0.4 is 0 Å². The molecule has 0 unspecified atom stereocenters. The quantitative estimate of drug-likeness (QED) is 0.407. The van der Waals surface area contributed by atoms with Crippen molar-refractivity contribution in [2.45, 2.75) is 6.42 Å². The Morgan fingerprint density at radius 3 is 2.76 bits per heavy atom. The van der Waals surface area contributed by atoms with E-state index in [-0.39, 0.29) is 10.6 Å². The van der Waals surface area contributed by atoms with E-state index in [4.69, 9.17) is 11.6 Å². The van der Waals surface area contributed by atoms with Crippen molar-refractivity contribution < 1.29 is 4.92 Å². The number of nitro benzene ring substituents is 1. The van der Waals surface area contributed by atoms with Crippen molar-refractivity contribution in [3.8, 4) is 0 Å². The number of benzene rings is 2. The molecule has 0 bridgehead atoms. The average molecular weight is 353 g/mol. The van der Waals surface area contributed by atoms with Crippen LogP contribution in [0.15, 0.2) is 48.7 Å². The molecule has 0 fully saturated rings. The first-order valence-electron chi connectivity index (χ1n) is 7.66. The van der Waals surface area contributed by atoms with E-state index in [0.29, 0.717) is 11.4 Å². The molecule has 0 spiro atoms. The summed E-state index contributed by atoms with van der Waals surface area (Å²) in [5, 5.41) is 16.6. The minimum atomic E-state index is -0.385. The minimum Gasteiger partial charge on any atom is -0.265 e. The van der Waals surface area contributed by atoms with E-state index in [9.17, 15) is 10.1 Å². The number of fused-ring (bicyclic) bond motifs is 2. The van der Waals surface area contributed by atoms with Gasteiger partial charge in [0.15, 0.2) is 0 Å². The molecule has 6 nitrogen and oxygen atoms in total. The van der Waals surface area contributed by atoms with Crippen LogP contribution in [0.1, 0.15) is 11.1 Å². The highest BCUT2D eigenvalue weighted by atomic mass is 35.5. The number of pyridine rings is 1. The van der Waals surface area contributed by atoms with Crippen molar-refractivity contribution in [1.82, 2.24) is 14.8 Å². The highest BCUT2D eigenvalue weighted by molar-refractivity contribution is 6.39. The first-order valence-corrected chi connectivity index (χ1v) is 8.04. The smallest absolute Gasteiger partial charge is 0.265 e. The number of hydrogen-bond donors (Lipinski definition) is 0. The monoisotopic (exact) mass is 352 g/mol. The minimum absolute atomic E-state index is 0.0922. The van der Waals surface area contributed by atoms with Gasteiger partial charge in [-0.05, 0) is 29.7 Å². The van der Waals surface area contributed by atoms with Gasteiger partial charge in [-0.25, -0.2) is 4.98 Å². The highest BCUT2D eigenvalue weighted by Crippen LogP contribution is 2.31. The lowest BCUT2D eigenvalue weighted by Gasteiger charge is -2.07. The van der Waals surface area contributed by atoms with Crippen LogP contribution in [0.3, 0.4) is 0 Å². The van der Waals surface area contributed by atoms with E-state index in [0.717, 1.165) is 33.1 Å². The Labute approximate surface area is 147 Å². The van der Waals surface area contributed by atoms with Gasteiger partial charge in [0, 0.05) is 24.6 Å². The Bertz CT molecular complexity index is 1140. The van der Waals surface area contributed by atoms with Crippen molar-refractivity contribution in [2.24, 2.45) is 7.05 Å². The summed E-state index contributed by atoms with van der Waals surface area (Å²) >= 11 is 6.57. The largest absolute Gasteiger partial charge is 0.269 e. The highest BCUT2D eigenvalue weighted by Gasteiger charge is 2.12. The Hall–Kier alpha value is -2.99. The summed E-state index contributed by atoms with van der Waals surface area (Å²) in [4.78, 5) is 15.1. The van der Waals surface area contributed by atoms with Crippen LogP contribution in [-0.2, 0) is 13.5 Å². The molecule has 2 aromatic carbocycles. The second-order valence-corrected chi connectivity index (χ2v) is 6.26. The molecule has 25 heavy (non-hydrogen) atoms. The lowest BCUT2D eigenvalue weighted by molar-refractivity contribution is -0.384. The molecule has 0 amide bonds. The van der Waals surface area contributed by atoms with Gasteiger partial charge in [0.05, 0.1) is 21.7 Å². The van der Waals surface area contributed by atoms with Crippen LogP contribution in [0.4, 0.5) is 5.69 Å². The van der Waals surface area contributed by atoms with Gasteiger partial charge in [0.2, 0.25) is 0 Å². The Morgan fingerprint density at radius 1 is 1.16 bits per heavy atom. The number of halogens is 1. The summed E-state index contributed by atoms with van der Waals surface area (Å²) in [7, 11) is 1.83. The molecule has 4 rings (SSSR count). The molecule has 2 aromatic heterocycles. The van der Waals surface area contributed by atoms with Crippen molar-refractivity contribution in [1.29, 1.82) is 0 Å². The maximum atomic E-state index is 10.9. The number of aromatic nitrogens is 3. The zero-order valence-electron chi connectivity index (χ0n) is 13.3. The Balaban J connectivity index is 1.79. The zero-order chi connectivity index (χ0) is 17.6. The van der Waals surface area contributed by atoms with Crippen molar-refractivity contribution in [2.75, 3.05) is 0 Å². The maximum Gasteiger partial charge on any atom is 0.269 e. The number of aryl methyl sites for hydroxylation is 1. The SMILES string of the molecule is Cn1ncc2nc3ccc(Cc4cccc([N+](=O)[O-])c4)cc3c(Cl)c21. The lowest BCUT2D eigenvalue weighted by Crippen LogP contribution is -1.94. The Kier molecular flexibility index (Phi) is 3.62.